The van der Waals surface area contributed by atoms with E-state index in [1.165, 1.54) is 24.4 Å². The number of amidine groups is 1. The highest BCUT2D eigenvalue weighted by molar-refractivity contribution is 8.15. The lowest BCUT2D eigenvalue weighted by Crippen LogP contribution is -2.33. The van der Waals surface area contributed by atoms with Gasteiger partial charge >= 0.3 is 0 Å². The molecule has 0 spiro atoms. The summed E-state index contributed by atoms with van der Waals surface area (Å²) in [5.74, 6) is 1.08. The Bertz CT molecular complexity index is 1050. The van der Waals surface area contributed by atoms with E-state index in [0.29, 0.717) is 34.8 Å². The molecule has 2 aromatic carbocycles. The Hall–Kier alpha value is -3.26. The molecule has 1 aliphatic rings. The van der Waals surface area contributed by atoms with Gasteiger partial charge in [0.2, 0.25) is 11.8 Å². The number of nitrogens with one attached hydrogen (secondary N) is 1. The van der Waals surface area contributed by atoms with Gasteiger partial charge < -0.3 is 14.8 Å². The molecule has 1 N–H and O–H groups in total. The van der Waals surface area contributed by atoms with Crippen LogP contribution in [-0.2, 0) is 9.59 Å². The normalized spacial score (nSPS) is 16.9. The maximum atomic E-state index is 13.0. The molecule has 0 aliphatic carbocycles. The molecular formula is C25H29N3O4S. The lowest BCUT2D eigenvalue weighted by molar-refractivity contribution is -0.127. The van der Waals surface area contributed by atoms with Crippen LogP contribution < -0.4 is 14.8 Å². The summed E-state index contributed by atoms with van der Waals surface area (Å²) in [6.07, 6.45) is 1.66. The molecule has 174 valence electrons. The van der Waals surface area contributed by atoms with E-state index in [9.17, 15) is 9.59 Å². The molecule has 0 saturated carbocycles. The third kappa shape index (κ3) is 5.96. The second-order valence-electron chi connectivity index (χ2n) is 7.80. The van der Waals surface area contributed by atoms with Gasteiger partial charge in [0.15, 0.2) is 5.17 Å². The van der Waals surface area contributed by atoms with Crippen LogP contribution in [0.15, 0.2) is 60.1 Å². The molecule has 8 heteroatoms. The van der Waals surface area contributed by atoms with Crippen LogP contribution in [-0.4, -0.2) is 47.9 Å². The highest BCUT2D eigenvalue weighted by Crippen LogP contribution is 2.33. The zero-order valence-corrected chi connectivity index (χ0v) is 20.1. The molecule has 0 bridgehead atoms. The average molecular weight is 468 g/mol. The Morgan fingerprint density at radius 1 is 1.21 bits per heavy atom. The fourth-order valence-electron chi connectivity index (χ4n) is 3.34. The van der Waals surface area contributed by atoms with Crippen molar-refractivity contribution in [2.75, 3.05) is 26.1 Å². The number of carbonyl (C=O) groups excluding carboxylic acids is 2. The molecule has 1 heterocycles. The van der Waals surface area contributed by atoms with Crippen LogP contribution in [0.3, 0.4) is 0 Å². The SMILES string of the molecule is C=CCN1C(=O)C(CC(=O)Nc2ccc(OC)cc2OC)SC1=Nc1ccc(C(C)C)cc1. The van der Waals surface area contributed by atoms with Crippen LogP contribution in [0.25, 0.3) is 0 Å². The number of methoxy groups -OCH3 is 2. The smallest absolute Gasteiger partial charge is 0.242 e. The number of thioether (sulfide) groups is 1. The number of nitrogens with zero attached hydrogens (tertiary/aromatic N) is 2. The summed E-state index contributed by atoms with van der Waals surface area (Å²) < 4.78 is 10.5. The first-order chi connectivity index (χ1) is 15.9. The van der Waals surface area contributed by atoms with Gasteiger partial charge in [0.25, 0.3) is 0 Å². The lowest BCUT2D eigenvalue weighted by Gasteiger charge is -2.14. The molecule has 0 radical (unpaired) electrons. The average Bonchev–Trinajstić information content (AvgIpc) is 3.08. The van der Waals surface area contributed by atoms with Crippen molar-refractivity contribution < 1.29 is 19.1 Å². The van der Waals surface area contributed by atoms with Gasteiger partial charge in [-0.25, -0.2) is 4.99 Å². The van der Waals surface area contributed by atoms with Crippen molar-refractivity contribution in [1.29, 1.82) is 0 Å². The highest BCUT2D eigenvalue weighted by Gasteiger charge is 2.38. The minimum atomic E-state index is -0.567. The third-order valence-corrected chi connectivity index (χ3v) is 6.35. The first-order valence-electron chi connectivity index (χ1n) is 10.7. The van der Waals surface area contributed by atoms with Crippen molar-refractivity contribution in [2.45, 2.75) is 31.4 Å². The van der Waals surface area contributed by atoms with Gasteiger partial charge in [0.1, 0.15) is 16.7 Å². The first-order valence-corrected chi connectivity index (χ1v) is 11.5. The molecule has 2 amide bonds. The van der Waals surface area contributed by atoms with Gasteiger partial charge in [-0.05, 0) is 35.7 Å². The van der Waals surface area contributed by atoms with Gasteiger partial charge in [0.05, 0.1) is 25.6 Å². The van der Waals surface area contributed by atoms with E-state index in [4.69, 9.17) is 9.47 Å². The Morgan fingerprint density at radius 3 is 2.55 bits per heavy atom. The second kappa shape index (κ2) is 11.0. The van der Waals surface area contributed by atoms with E-state index in [2.05, 4.69) is 30.7 Å². The lowest BCUT2D eigenvalue weighted by atomic mass is 10.0. The summed E-state index contributed by atoms with van der Waals surface area (Å²) in [4.78, 5) is 32.0. The van der Waals surface area contributed by atoms with Crippen molar-refractivity contribution in [3.05, 3.63) is 60.7 Å². The number of benzene rings is 2. The molecule has 1 saturated heterocycles. The van der Waals surface area contributed by atoms with E-state index in [0.717, 1.165) is 5.69 Å². The van der Waals surface area contributed by atoms with Gasteiger partial charge in [-0.3, -0.25) is 14.5 Å². The molecule has 1 aliphatic heterocycles. The molecule has 3 rings (SSSR count). The zero-order valence-electron chi connectivity index (χ0n) is 19.3. The standard InChI is InChI=1S/C25H29N3O4S/c1-6-13-28-24(30)22(33-25(28)26-18-9-7-17(8-10-18)16(2)3)15-23(29)27-20-12-11-19(31-4)14-21(20)32-5/h6-12,14,16,22H,1,13,15H2,2-5H3,(H,27,29). The van der Waals surface area contributed by atoms with Crippen molar-refractivity contribution >= 4 is 40.1 Å². The van der Waals surface area contributed by atoms with Crippen LogP contribution in [0.2, 0.25) is 0 Å². The first kappa shape index (κ1) is 24.4. The third-order valence-electron chi connectivity index (χ3n) is 5.17. The summed E-state index contributed by atoms with van der Waals surface area (Å²) in [5.41, 5.74) is 2.50. The van der Waals surface area contributed by atoms with Gasteiger partial charge in [-0.15, -0.1) is 6.58 Å². The number of anilines is 1. The number of rotatable bonds is 9. The summed E-state index contributed by atoms with van der Waals surface area (Å²) >= 11 is 1.29. The summed E-state index contributed by atoms with van der Waals surface area (Å²) in [6.45, 7) is 8.35. The Labute approximate surface area is 198 Å². The maximum absolute atomic E-state index is 13.0. The Morgan fingerprint density at radius 2 is 1.94 bits per heavy atom. The minimum absolute atomic E-state index is 0.0115. The predicted molar refractivity (Wildman–Crippen MR) is 134 cm³/mol. The van der Waals surface area contributed by atoms with Gasteiger partial charge in [0, 0.05) is 19.0 Å². The highest BCUT2D eigenvalue weighted by atomic mass is 32.2. The molecular weight excluding hydrogens is 438 g/mol. The van der Waals surface area contributed by atoms with Crippen molar-refractivity contribution in [3.63, 3.8) is 0 Å². The number of hydrogen-bond donors (Lipinski definition) is 1. The van der Waals surface area contributed by atoms with E-state index in [1.54, 1.807) is 36.3 Å². The van der Waals surface area contributed by atoms with E-state index in [1.807, 2.05) is 24.3 Å². The molecule has 1 fully saturated rings. The second-order valence-corrected chi connectivity index (χ2v) is 8.97. The van der Waals surface area contributed by atoms with E-state index >= 15 is 0 Å². The van der Waals surface area contributed by atoms with Crippen LogP contribution in [0.4, 0.5) is 11.4 Å². The fourth-order valence-corrected chi connectivity index (χ4v) is 4.50. The summed E-state index contributed by atoms with van der Waals surface area (Å²) in [7, 11) is 3.08. The summed E-state index contributed by atoms with van der Waals surface area (Å²) in [5, 5.41) is 2.82. The molecule has 0 aromatic heterocycles. The van der Waals surface area contributed by atoms with Crippen molar-refractivity contribution in [3.8, 4) is 11.5 Å². The van der Waals surface area contributed by atoms with E-state index in [-0.39, 0.29) is 18.2 Å². The molecule has 2 aromatic rings. The van der Waals surface area contributed by atoms with Crippen molar-refractivity contribution in [2.24, 2.45) is 4.99 Å². The van der Waals surface area contributed by atoms with Gasteiger partial charge in [-0.1, -0.05) is 43.8 Å². The number of carbonyl (C=O) groups is 2. The number of hydrogen-bond acceptors (Lipinski definition) is 6. The minimum Gasteiger partial charge on any atom is -0.497 e. The maximum Gasteiger partial charge on any atom is 0.242 e. The Kier molecular flexibility index (Phi) is 8.16. The number of amides is 2. The fraction of sp³-hybridized carbons (Fsp3) is 0.320. The zero-order chi connectivity index (χ0) is 24.0. The topological polar surface area (TPSA) is 80.2 Å². The van der Waals surface area contributed by atoms with E-state index < -0.39 is 5.25 Å². The van der Waals surface area contributed by atoms with Crippen LogP contribution in [0.1, 0.15) is 31.7 Å². The van der Waals surface area contributed by atoms with Crippen LogP contribution in [0, 0.1) is 0 Å². The molecule has 7 nitrogen and oxygen atoms in total. The Balaban J connectivity index is 1.74. The molecule has 1 unspecified atom stereocenters. The molecule has 1 atom stereocenters. The quantitative estimate of drug-likeness (QED) is 0.527. The summed E-state index contributed by atoms with van der Waals surface area (Å²) in [6, 6.07) is 13.1. The largest absolute Gasteiger partial charge is 0.497 e. The number of ether oxygens (including phenoxy) is 2. The van der Waals surface area contributed by atoms with Crippen molar-refractivity contribution in [1.82, 2.24) is 4.90 Å². The predicted octanol–water partition coefficient (Wildman–Crippen LogP) is 4.97. The van der Waals surface area contributed by atoms with Crippen LogP contribution in [0.5, 0.6) is 11.5 Å². The number of aliphatic imine (C=N–C) groups is 1. The molecule has 33 heavy (non-hydrogen) atoms. The van der Waals surface area contributed by atoms with Crippen LogP contribution >= 0.6 is 11.8 Å². The van der Waals surface area contributed by atoms with Gasteiger partial charge in [-0.2, -0.15) is 0 Å². The monoisotopic (exact) mass is 467 g/mol.